The minimum absolute atomic E-state index is 0.904. The van der Waals surface area contributed by atoms with E-state index in [-0.39, 0.29) is 0 Å². The Morgan fingerprint density at radius 3 is 2.67 bits per heavy atom. The zero-order chi connectivity index (χ0) is 8.23. The Morgan fingerprint density at radius 1 is 1.17 bits per heavy atom. The average molecular weight is 158 g/mol. The number of aromatic nitrogens is 2. The van der Waals surface area contributed by atoms with Gasteiger partial charge >= 0.3 is 0 Å². The van der Waals surface area contributed by atoms with Crippen LogP contribution in [-0.2, 0) is 6.54 Å². The van der Waals surface area contributed by atoms with Crippen molar-refractivity contribution in [2.24, 2.45) is 0 Å². The highest BCUT2D eigenvalue weighted by Crippen LogP contribution is 2.00. The summed E-state index contributed by atoms with van der Waals surface area (Å²) in [5.41, 5.74) is 1.23. The van der Waals surface area contributed by atoms with Gasteiger partial charge in [0.2, 0.25) is 0 Å². The SMILES string of the molecule is c1cncc(Cn2cccc2)c1. The molecule has 0 atom stereocenters. The lowest BCUT2D eigenvalue weighted by Crippen LogP contribution is -1.95. The molecule has 0 fully saturated rings. The third-order valence-corrected chi connectivity index (χ3v) is 1.75. The Morgan fingerprint density at radius 2 is 2.00 bits per heavy atom. The van der Waals surface area contributed by atoms with Gasteiger partial charge in [0.15, 0.2) is 0 Å². The number of hydrogen-bond acceptors (Lipinski definition) is 1. The van der Waals surface area contributed by atoms with E-state index in [0.717, 1.165) is 6.54 Å². The van der Waals surface area contributed by atoms with Crippen molar-refractivity contribution in [3.8, 4) is 0 Å². The van der Waals surface area contributed by atoms with E-state index < -0.39 is 0 Å². The van der Waals surface area contributed by atoms with E-state index in [1.165, 1.54) is 5.56 Å². The first-order chi connectivity index (χ1) is 5.95. The van der Waals surface area contributed by atoms with Crippen LogP contribution >= 0.6 is 0 Å². The molecule has 2 aromatic heterocycles. The highest BCUT2D eigenvalue weighted by molar-refractivity contribution is 5.09. The summed E-state index contributed by atoms with van der Waals surface area (Å²) in [6.07, 6.45) is 7.78. The van der Waals surface area contributed by atoms with Crippen molar-refractivity contribution >= 4 is 0 Å². The van der Waals surface area contributed by atoms with Gasteiger partial charge in [-0.25, -0.2) is 0 Å². The lowest BCUT2D eigenvalue weighted by Gasteiger charge is -2.00. The predicted octanol–water partition coefficient (Wildman–Crippen LogP) is 1.93. The Balaban J connectivity index is 2.15. The molecule has 2 heterocycles. The standard InChI is InChI=1S/C10H10N2/c1-2-7-12(6-1)9-10-4-3-5-11-8-10/h1-8H,9H2. The van der Waals surface area contributed by atoms with Crippen LogP contribution in [0, 0.1) is 0 Å². The molecule has 0 radical (unpaired) electrons. The van der Waals surface area contributed by atoms with Gasteiger partial charge in [0.25, 0.3) is 0 Å². The van der Waals surface area contributed by atoms with E-state index in [2.05, 4.69) is 15.6 Å². The Labute approximate surface area is 71.5 Å². The summed E-state index contributed by atoms with van der Waals surface area (Å²) in [5.74, 6) is 0. The van der Waals surface area contributed by atoms with E-state index in [0.29, 0.717) is 0 Å². The van der Waals surface area contributed by atoms with Crippen LogP contribution in [0.3, 0.4) is 0 Å². The van der Waals surface area contributed by atoms with Crippen LogP contribution in [0.25, 0.3) is 0 Å². The largest absolute Gasteiger partial charge is 0.350 e. The third-order valence-electron chi connectivity index (χ3n) is 1.75. The van der Waals surface area contributed by atoms with Crippen molar-refractivity contribution in [3.63, 3.8) is 0 Å². The molecule has 0 N–H and O–H groups in total. The topological polar surface area (TPSA) is 17.8 Å². The van der Waals surface area contributed by atoms with Gasteiger partial charge in [0.05, 0.1) is 0 Å². The van der Waals surface area contributed by atoms with E-state index in [1.807, 2.05) is 36.8 Å². The van der Waals surface area contributed by atoms with E-state index >= 15 is 0 Å². The molecule has 2 heteroatoms. The minimum Gasteiger partial charge on any atom is -0.350 e. The van der Waals surface area contributed by atoms with Gasteiger partial charge in [-0.3, -0.25) is 4.98 Å². The molecule has 0 spiro atoms. The van der Waals surface area contributed by atoms with Crippen molar-refractivity contribution in [1.82, 2.24) is 9.55 Å². The van der Waals surface area contributed by atoms with Crippen LogP contribution in [0.4, 0.5) is 0 Å². The first-order valence-corrected chi connectivity index (χ1v) is 3.95. The number of rotatable bonds is 2. The summed E-state index contributed by atoms with van der Waals surface area (Å²) in [5, 5.41) is 0. The molecular weight excluding hydrogens is 148 g/mol. The zero-order valence-electron chi connectivity index (χ0n) is 6.72. The fraction of sp³-hybridized carbons (Fsp3) is 0.100. The molecular formula is C10H10N2. The fourth-order valence-corrected chi connectivity index (χ4v) is 1.18. The first kappa shape index (κ1) is 7.10. The molecule has 2 rings (SSSR count). The van der Waals surface area contributed by atoms with Crippen molar-refractivity contribution in [2.45, 2.75) is 6.54 Å². The highest BCUT2D eigenvalue weighted by Gasteiger charge is 1.91. The van der Waals surface area contributed by atoms with E-state index in [4.69, 9.17) is 0 Å². The van der Waals surface area contributed by atoms with Crippen LogP contribution in [-0.4, -0.2) is 9.55 Å². The molecule has 0 aliphatic carbocycles. The normalized spacial score (nSPS) is 10.0. The molecule has 0 bridgehead atoms. The van der Waals surface area contributed by atoms with Gasteiger partial charge in [-0.05, 0) is 23.8 Å². The van der Waals surface area contributed by atoms with Crippen LogP contribution in [0.15, 0.2) is 49.1 Å². The van der Waals surface area contributed by atoms with Crippen LogP contribution in [0.5, 0.6) is 0 Å². The number of hydrogen-bond donors (Lipinski definition) is 0. The maximum absolute atomic E-state index is 4.05. The summed E-state index contributed by atoms with van der Waals surface area (Å²) in [7, 11) is 0. The minimum atomic E-state index is 0.904. The van der Waals surface area contributed by atoms with Gasteiger partial charge in [0.1, 0.15) is 0 Å². The number of nitrogens with zero attached hydrogens (tertiary/aromatic N) is 2. The van der Waals surface area contributed by atoms with Crippen molar-refractivity contribution in [2.75, 3.05) is 0 Å². The molecule has 2 aromatic rings. The third kappa shape index (κ3) is 1.53. The molecule has 12 heavy (non-hydrogen) atoms. The van der Waals surface area contributed by atoms with E-state index in [9.17, 15) is 0 Å². The maximum atomic E-state index is 4.05. The molecule has 60 valence electrons. The monoisotopic (exact) mass is 158 g/mol. The smallest absolute Gasteiger partial charge is 0.0485 e. The van der Waals surface area contributed by atoms with Crippen molar-refractivity contribution in [3.05, 3.63) is 54.6 Å². The lowest BCUT2D eigenvalue weighted by molar-refractivity contribution is 0.802. The van der Waals surface area contributed by atoms with Gasteiger partial charge < -0.3 is 4.57 Å². The Bertz CT molecular complexity index is 324. The second kappa shape index (κ2) is 3.22. The maximum Gasteiger partial charge on any atom is 0.0485 e. The Kier molecular flexibility index (Phi) is 1.90. The Hall–Kier alpha value is -1.57. The molecule has 0 aromatic carbocycles. The first-order valence-electron chi connectivity index (χ1n) is 3.95. The summed E-state index contributed by atoms with van der Waals surface area (Å²) in [4.78, 5) is 4.05. The van der Waals surface area contributed by atoms with Gasteiger partial charge in [0, 0.05) is 31.3 Å². The molecule has 0 saturated heterocycles. The molecule has 0 aliphatic heterocycles. The van der Waals surface area contributed by atoms with Gasteiger partial charge in [-0.15, -0.1) is 0 Å². The second-order valence-electron chi connectivity index (χ2n) is 2.72. The van der Waals surface area contributed by atoms with Crippen molar-refractivity contribution in [1.29, 1.82) is 0 Å². The van der Waals surface area contributed by atoms with Crippen LogP contribution in [0.2, 0.25) is 0 Å². The summed E-state index contributed by atoms with van der Waals surface area (Å²) < 4.78 is 2.12. The predicted molar refractivity (Wildman–Crippen MR) is 47.8 cm³/mol. The molecule has 0 saturated carbocycles. The quantitative estimate of drug-likeness (QED) is 0.653. The highest BCUT2D eigenvalue weighted by atomic mass is 14.9. The van der Waals surface area contributed by atoms with Crippen LogP contribution < -0.4 is 0 Å². The molecule has 0 unspecified atom stereocenters. The molecule has 0 aliphatic rings. The summed E-state index contributed by atoms with van der Waals surface area (Å²) in [6, 6.07) is 8.08. The summed E-state index contributed by atoms with van der Waals surface area (Å²) in [6.45, 7) is 0.904. The second-order valence-corrected chi connectivity index (χ2v) is 2.72. The fourth-order valence-electron chi connectivity index (χ4n) is 1.18. The van der Waals surface area contributed by atoms with Crippen LogP contribution in [0.1, 0.15) is 5.56 Å². The van der Waals surface area contributed by atoms with Crippen molar-refractivity contribution < 1.29 is 0 Å². The lowest BCUT2D eigenvalue weighted by atomic mass is 10.3. The van der Waals surface area contributed by atoms with Gasteiger partial charge in [-0.2, -0.15) is 0 Å². The zero-order valence-corrected chi connectivity index (χ0v) is 6.72. The summed E-state index contributed by atoms with van der Waals surface area (Å²) >= 11 is 0. The molecule has 0 amide bonds. The number of pyridine rings is 1. The average Bonchev–Trinajstić information content (AvgIpc) is 2.59. The van der Waals surface area contributed by atoms with E-state index in [1.54, 1.807) is 6.20 Å². The van der Waals surface area contributed by atoms with Gasteiger partial charge in [-0.1, -0.05) is 6.07 Å². The molecule has 2 nitrogen and oxygen atoms in total.